The number of unbranched alkanes of at least 4 members (excludes halogenated alkanes) is 15. The van der Waals surface area contributed by atoms with Crippen molar-refractivity contribution in [2.45, 2.75) is 161 Å². The molecule has 262 valence electrons. The third kappa shape index (κ3) is 7.85. The first-order valence-electron chi connectivity index (χ1n) is 20.4. The lowest BCUT2D eigenvalue weighted by Gasteiger charge is -2.33. The molecule has 0 N–H and O–H groups in total. The third-order valence-corrected chi connectivity index (χ3v) is 12.3. The molecular formula is C47H62BrN. The Morgan fingerprint density at radius 2 is 1.10 bits per heavy atom. The second-order valence-corrected chi connectivity index (χ2v) is 16.2. The molecule has 0 amide bonds. The summed E-state index contributed by atoms with van der Waals surface area (Å²) in [6.07, 6.45) is 26.7. The van der Waals surface area contributed by atoms with Crippen LogP contribution in [0, 0.1) is 0 Å². The summed E-state index contributed by atoms with van der Waals surface area (Å²) in [5.74, 6) is 0. The maximum absolute atomic E-state index is 3.84. The summed E-state index contributed by atoms with van der Waals surface area (Å²) < 4.78 is 3.85. The lowest BCUT2D eigenvalue weighted by molar-refractivity contribution is 0.398. The average molecular weight is 721 g/mol. The van der Waals surface area contributed by atoms with Crippen molar-refractivity contribution >= 4 is 48.5 Å². The molecule has 49 heavy (non-hydrogen) atoms. The summed E-state index contributed by atoms with van der Waals surface area (Å²) in [6.45, 7) is 8.06. The van der Waals surface area contributed by atoms with Crippen molar-refractivity contribution in [2.75, 3.05) is 0 Å². The van der Waals surface area contributed by atoms with Gasteiger partial charge in [-0.25, -0.2) is 0 Å². The number of fused-ring (bicyclic) bond motifs is 8. The number of halogens is 1. The van der Waals surface area contributed by atoms with Gasteiger partial charge in [-0.15, -0.1) is 0 Å². The highest BCUT2D eigenvalue weighted by molar-refractivity contribution is 9.10. The minimum absolute atomic E-state index is 0.0848. The zero-order valence-corrected chi connectivity index (χ0v) is 32.6. The molecule has 0 spiro atoms. The number of aryl methyl sites for hydroxylation is 1. The van der Waals surface area contributed by atoms with E-state index in [2.05, 4.69) is 108 Å². The van der Waals surface area contributed by atoms with Crippen LogP contribution in [0.25, 0.3) is 43.7 Å². The molecule has 0 aliphatic heterocycles. The van der Waals surface area contributed by atoms with Gasteiger partial charge in [0.05, 0.1) is 5.52 Å². The fourth-order valence-electron chi connectivity index (χ4n) is 9.19. The van der Waals surface area contributed by atoms with Gasteiger partial charge in [-0.05, 0) is 76.6 Å². The first-order chi connectivity index (χ1) is 24.1. The van der Waals surface area contributed by atoms with Gasteiger partial charge >= 0.3 is 0 Å². The molecular weight excluding hydrogens is 658 g/mol. The van der Waals surface area contributed by atoms with E-state index in [1.54, 1.807) is 11.1 Å². The van der Waals surface area contributed by atoms with E-state index in [0.717, 1.165) is 6.54 Å². The molecule has 0 radical (unpaired) electrons. The predicted octanol–water partition coefficient (Wildman–Crippen LogP) is 15.8. The monoisotopic (exact) mass is 719 g/mol. The molecule has 1 heterocycles. The number of hydrogen-bond donors (Lipinski definition) is 0. The van der Waals surface area contributed by atoms with Gasteiger partial charge < -0.3 is 4.57 Å². The number of hydrogen-bond acceptors (Lipinski definition) is 0. The number of benzene rings is 4. The molecule has 0 fully saturated rings. The van der Waals surface area contributed by atoms with Gasteiger partial charge in [0, 0.05) is 32.7 Å². The normalized spacial score (nSPS) is 13.6. The van der Waals surface area contributed by atoms with Gasteiger partial charge in [0.15, 0.2) is 0 Å². The van der Waals surface area contributed by atoms with Crippen molar-refractivity contribution in [1.29, 1.82) is 0 Å². The van der Waals surface area contributed by atoms with E-state index >= 15 is 0 Å². The molecule has 5 aromatic rings. The smallest absolute Gasteiger partial charge is 0.0502 e. The second-order valence-electron chi connectivity index (χ2n) is 15.3. The van der Waals surface area contributed by atoms with Crippen molar-refractivity contribution in [3.8, 4) is 11.1 Å². The van der Waals surface area contributed by atoms with Crippen molar-refractivity contribution in [3.05, 3.63) is 82.3 Å². The van der Waals surface area contributed by atoms with Gasteiger partial charge in [0.1, 0.15) is 0 Å². The van der Waals surface area contributed by atoms with Crippen LogP contribution in [0.5, 0.6) is 0 Å². The van der Waals surface area contributed by atoms with Gasteiger partial charge in [0.2, 0.25) is 0 Å². The van der Waals surface area contributed by atoms with Crippen LogP contribution in [0.4, 0.5) is 0 Å². The molecule has 0 atom stereocenters. The fraction of sp³-hybridized carbons (Fsp3) is 0.532. The number of aromatic nitrogens is 1. The van der Waals surface area contributed by atoms with Gasteiger partial charge in [-0.1, -0.05) is 188 Å². The zero-order chi connectivity index (χ0) is 34.1. The van der Waals surface area contributed by atoms with Crippen LogP contribution >= 0.6 is 15.9 Å². The van der Waals surface area contributed by atoms with E-state index in [9.17, 15) is 0 Å². The molecule has 1 aliphatic rings. The second kappa shape index (κ2) is 17.6. The molecule has 0 unspecified atom stereocenters. The number of nitrogens with zero attached hydrogens (tertiary/aromatic N) is 1. The average Bonchev–Trinajstić information content (AvgIpc) is 3.56. The molecule has 1 nitrogen and oxygen atoms in total. The van der Waals surface area contributed by atoms with Gasteiger partial charge in [-0.3, -0.25) is 0 Å². The minimum Gasteiger partial charge on any atom is -0.340 e. The Morgan fingerprint density at radius 3 is 1.78 bits per heavy atom. The molecule has 2 heteroatoms. The third-order valence-electron chi connectivity index (χ3n) is 11.8. The maximum Gasteiger partial charge on any atom is 0.0502 e. The minimum atomic E-state index is 0.0848. The van der Waals surface area contributed by atoms with Gasteiger partial charge in [0.25, 0.3) is 0 Å². The lowest BCUT2D eigenvalue weighted by Crippen LogP contribution is -2.25. The van der Waals surface area contributed by atoms with E-state index in [1.165, 1.54) is 177 Å². The molecule has 1 aromatic heterocycles. The van der Waals surface area contributed by atoms with Gasteiger partial charge in [-0.2, -0.15) is 0 Å². The van der Waals surface area contributed by atoms with Crippen molar-refractivity contribution in [2.24, 2.45) is 0 Å². The first-order valence-corrected chi connectivity index (χ1v) is 21.2. The highest BCUT2D eigenvalue weighted by Gasteiger charge is 2.43. The Morgan fingerprint density at radius 1 is 0.510 bits per heavy atom. The highest BCUT2D eigenvalue weighted by Crippen LogP contribution is 2.57. The first kappa shape index (κ1) is 36.2. The zero-order valence-electron chi connectivity index (χ0n) is 31.0. The number of rotatable bonds is 21. The summed E-state index contributed by atoms with van der Waals surface area (Å²) in [6, 6.07) is 26.5. The van der Waals surface area contributed by atoms with Crippen molar-refractivity contribution in [3.63, 3.8) is 0 Å². The summed E-state index contributed by atoms with van der Waals surface area (Å²) in [7, 11) is 0. The molecule has 0 bridgehead atoms. The molecule has 0 saturated heterocycles. The topological polar surface area (TPSA) is 4.93 Å². The SMILES string of the molecule is CCCCCCCCn1c2cc(Br)ccc2c2cc3c(cc21)-c1c(ccc2ccccc12)C3(CCCCCCCC)CCCCCCCC. The predicted molar refractivity (Wildman–Crippen MR) is 220 cm³/mol. The Kier molecular flexibility index (Phi) is 13.0. The Hall–Kier alpha value is -2.58. The van der Waals surface area contributed by atoms with Crippen molar-refractivity contribution < 1.29 is 0 Å². The van der Waals surface area contributed by atoms with E-state index in [0.29, 0.717) is 0 Å². The molecule has 6 rings (SSSR count). The molecule has 0 saturated carbocycles. The van der Waals surface area contributed by atoms with Crippen molar-refractivity contribution in [1.82, 2.24) is 4.57 Å². The summed E-state index contributed by atoms with van der Waals surface area (Å²) in [5.41, 5.74) is 9.18. The van der Waals surface area contributed by atoms with Crippen LogP contribution in [-0.2, 0) is 12.0 Å². The lowest BCUT2D eigenvalue weighted by atomic mass is 9.70. The van der Waals surface area contributed by atoms with Crippen LogP contribution in [-0.4, -0.2) is 4.57 Å². The van der Waals surface area contributed by atoms with Crippen LogP contribution in [0.1, 0.15) is 160 Å². The highest BCUT2D eigenvalue weighted by atomic mass is 79.9. The van der Waals surface area contributed by atoms with Crippen LogP contribution in [0.15, 0.2) is 71.2 Å². The standard InChI is InChI=1S/C47H62BrN/c1-4-7-10-13-16-21-30-47(31-22-17-14-11-8-5-2)42-29-26-36-24-19-20-25-38(36)46(42)41-35-45-40(34-43(41)47)39-28-27-37(48)33-44(39)49(45)32-23-18-15-12-9-6-3/h19-20,24-29,33-35H,4-18,21-23,30-32H2,1-3H3. The van der Waals surface area contributed by atoms with Crippen LogP contribution < -0.4 is 0 Å². The molecule has 1 aliphatic carbocycles. The Labute approximate surface area is 306 Å². The summed E-state index contributed by atoms with van der Waals surface area (Å²) >= 11 is 3.84. The fourth-order valence-corrected chi connectivity index (χ4v) is 9.54. The maximum atomic E-state index is 3.84. The van der Waals surface area contributed by atoms with E-state index in [1.807, 2.05) is 0 Å². The summed E-state index contributed by atoms with van der Waals surface area (Å²) in [5, 5.41) is 5.69. The van der Waals surface area contributed by atoms with E-state index < -0.39 is 0 Å². The quantitative estimate of drug-likeness (QED) is 0.0665. The molecule has 4 aromatic carbocycles. The Bertz CT molecular complexity index is 1790. The van der Waals surface area contributed by atoms with E-state index in [-0.39, 0.29) is 5.41 Å². The largest absolute Gasteiger partial charge is 0.340 e. The summed E-state index contributed by atoms with van der Waals surface area (Å²) in [4.78, 5) is 0. The van der Waals surface area contributed by atoms with Crippen LogP contribution in [0.3, 0.4) is 0 Å². The Balaban J connectivity index is 1.48. The van der Waals surface area contributed by atoms with E-state index in [4.69, 9.17) is 0 Å². The van der Waals surface area contributed by atoms with Crippen LogP contribution in [0.2, 0.25) is 0 Å².